The molecule has 0 radical (unpaired) electrons. The molecule has 1 aliphatic heterocycles. The molecule has 4 nitrogen and oxygen atoms in total. The van der Waals surface area contributed by atoms with E-state index < -0.39 is 0 Å². The second-order valence-corrected chi connectivity index (χ2v) is 6.28. The number of allylic oxidation sites excluding steroid dienone is 2. The summed E-state index contributed by atoms with van der Waals surface area (Å²) in [6, 6.07) is 7.23. The lowest BCUT2D eigenvalue weighted by atomic mass is 9.63. The summed E-state index contributed by atoms with van der Waals surface area (Å²) in [5.41, 5.74) is 0.659. The molecular weight excluding hydrogens is 278 g/mol. The number of carbonyl (C=O) groups excluding carboxylic acids is 2. The largest absolute Gasteiger partial charge is 0.494 e. The average molecular weight is 297 g/mol. The molecule has 114 valence electrons. The van der Waals surface area contributed by atoms with Gasteiger partial charge in [-0.25, -0.2) is 0 Å². The topological polar surface area (TPSA) is 46.6 Å². The number of hydrogen-bond acceptors (Lipinski definition) is 3. The number of fused-ring (bicyclic) bond motifs is 1. The number of ether oxygens (including phenoxy) is 1. The van der Waals surface area contributed by atoms with Gasteiger partial charge in [0.2, 0.25) is 11.8 Å². The fourth-order valence-electron chi connectivity index (χ4n) is 4.19. The fraction of sp³-hybridized carbons (Fsp3) is 0.444. The minimum atomic E-state index is -0.150. The highest BCUT2D eigenvalue weighted by Gasteiger charge is 2.56. The number of amides is 2. The van der Waals surface area contributed by atoms with Crippen LogP contribution in [0.25, 0.3) is 0 Å². The molecule has 1 saturated carbocycles. The van der Waals surface area contributed by atoms with Crippen molar-refractivity contribution in [2.24, 2.45) is 23.7 Å². The minimum absolute atomic E-state index is 0.0294. The van der Waals surface area contributed by atoms with E-state index in [0.29, 0.717) is 12.3 Å². The van der Waals surface area contributed by atoms with Crippen molar-refractivity contribution >= 4 is 17.5 Å². The molecule has 1 saturated heterocycles. The first kappa shape index (κ1) is 13.6. The van der Waals surface area contributed by atoms with Crippen LogP contribution in [-0.2, 0) is 9.59 Å². The van der Waals surface area contributed by atoms with Crippen molar-refractivity contribution in [3.8, 4) is 5.75 Å². The lowest BCUT2D eigenvalue weighted by molar-refractivity contribution is -0.124. The van der Waals surface area contributed by atoms with E-state index in [2.05, 4.69) is 12.2 Å². The van der Waals surface area contributed by atoms with E-state index >= 15 is 0 Å². The van der Waals surface area contributed by atoms with Gasteiger partial charge in [0, 0.05) is 0 Å². The van der Waals surface area contributed by atoms with Gasteiger partial charge >= 0.3 is 0 Å². The van der Waals surface area contributed by atoms with Crippen LogP contribution in [0, 0.1) is 23.7 Å². The Morgan fingerprint density at radius 3 is 2.00 bits per heavy atom. The number of nitrogens with zero attached hydrogens (tertiary/aromatic N) is 1. The molecule has 2 bridgehead atoms. The number of anilines is 1. The standard InChI is InChI=1S/C18H19NO3/c1-2-22-14-9-7-13(8-10-14)19-17(20)15-11-3-4-12(6-5-11)16(15)18(19)21/h3-4,7-12,15-16H,2,5-6H2,1H3/t11-,12-,15-,16+/m0/s1. The van der Waals surface area contributed by atoms with Crippen LogP contribution in [0.4, 0.5) is 5.69 Å². The van der Waals surface area contributed by atoms with Gasteiger partial charge in [-0.1, -0.05) is 12.2 Å². The minimum Gasteiger partial charge on any atom is -0.494 e. The van der Waals surface area contributed by atoms with Crippen LogP contribution >= 0.6 is 0 Å². The molecule has 22 heavy (non-hydrogen) atoms. The number of rotatable bonds is 3. The fourth-order valence-corrected chi connectivity index (χ4v) is 4.19. The van der Waals surface area contributed by atoms with Gasteiger partial charge < -0.3 is 4.74 Å². The molecule has 3 aliphatic carbocycles. The highest BCUT2D eigenvalue weighted by atomic mass is 16.5. The Morgan fingerprint density at radius 1 is 1.00 bits per heavy atom. The van der Waals surface area contributed by atoms with Gasteiger partial charge in [0.1, 0.15) is 5.75 Å². The highest BCUT2D eigenvalue weighted by molar-refractivity contribution is 6.22. The summed E-state index contributed by atoms with van der Waals surface area (Å²) in [5.74, 6) is 0.866. The number of hydrogen-bond donors (Lipinski definition) is 0. The van der Waals surface area contributed by atoms with E-state index in [-0.39, 0.29) is 35.5 Å². The number of imide groups is 1. The smallest absolute Gasteiger partial charge is 0.238 e. The van der Waals surface area contributed by atoms with Gasteiger partial charge in [-0.05, 0) is 55.9 Å². The van der Waals surface area contributed by atoms with Crippen LogP contribution in [0.5, 0.6) is 5.75 Å². The van der Waals surface area contributed by atoms with Gasteiger partial charge in [-0.3, -0.25) is 14.5 Å². The predicted molar refractivity (Wildman–Crippen MR) is 82.4 cm³/mol. The second-order valence-electron chi connectivity index (χ2n) is 6.28. The molecule has 1 aromatic carbocycles. The third-order valence-corrected chi connectivity index (χ3v) is 5.17. The summed E-state index contributed by atoms with van der Waals surface area (Å²) in [7, 11) is 0. The van der Waals surface area contributed by atoms with Crippen molar-refractivity contribution < 1.29 is 14.3 Å². The van der Waals surface area contributed by atoms with E-state index in [9.17, 15) is 9.59 Å². The highest BCUT2D eigenvalue weighted by Crippen LogP contribution is 2.50. The van der Waals surface area contributed by atoms with Crippen LogP contribution in [0.3, 0.4) is 0 Å². The van der Waals surface area contributed by atoms with Crippen LogP contribution in [0.15, 0.2) is 36.4 Å². The molecule has 1 aromatic rings. The van der Waals surface area contributed by atoms with E-state index in [1.165, 1.54) is 4.90 Å². The Kier molecular flexibility index (Phi) is 3.06. The van der Waals surface area contributed by atoms with Crippen molar-refractivity contribution in [1.29, 1.82) is 0 Å². The lowest BCUT2D eigenvalue weighted by Crippen LogP contribution is -2.38. The quantitative estimate of drug-likeness (QED) is 0.636. The summed E-state index contributed by atoms with van der Waals surface area (Å²) >= 11 is 0. The molecule has 2 amide bonds. The summed E-state index contributed by atoms with van der Waals surface area (Å²) in [4.78, 5) is 27.0. The number of carbonyl (C=O) groups is 2. The molecule has 4 heteroatoms. The summed E-state index contributed by atoms with van der Waals surface area (Å²) in [6.07, 6.45) is 6.33. The molecule has 0 spiro atoms. The number of benzene rings is 1. The van der Waals surface area contributed by atoms with E-state index in [1.807, 2.05) is 19.1 Å². The Bertz CT molecular complexity index is 617. The van der Waals surface area contributed by atoms with Crippen molar-refractivity contribution in [2.75, 3.05) is 11.5 Å². The van der Waals surface area contributed by atoms with Crippen LogP contribution < -0.4 is 9.64 Å². The molecular formula is C18H19NO3. The maximum atomic E-state index is 12.8. The summed E-state index contributed by atoms with van der Waals surface area (Å²) in [6.45, 7) is 2.52. The first-order valence-corrected chi connectivity index (χ1v) is 7.99. The molecule has 2 fully saturated rings. The maximum absolute atomic E-state index is 12.8. The molecule has 4 aliphatic rings. The SMILES string of the molecule is CCOc1ccc(N2C(=O)[C@@H]3[C@H](C2=O)[C@H]2C=C[C@H]3CC2)cc1. The molecule has 0 aromatic heterocycles. The van der Waals surface area contributed by atoms with Crippen molar-refractivity contribution in [2.45, 2.75) is 19.8 Å². The third kappa shape index (κ3) is 1.83. The molecule has 4 atom stereocenters. The predicted octanol–water partition coefficient (Wildman–Crippen LogP) is 2.79. The zero-order valence-electron chi connectivity index (χ0n) is 12.6. The maximum Gasteiger partial charge on any atom is 0.238 e. The summed E-state index contributed by atoms with van der Waals surface area (Å²) in [5, 5.41) is 0. The second kappa shape index (κ2) is 4.97. The monoisotopic (exact) mass is 297 g/mol. The first-order chi connectivity index (χ1) is 10.7. The summed E-state index contributed by atoms with van der Waals surface area (Å²) < 4.78 is 5.42. The van der Waals surface area contributed by atoms with Gasteiger partial charge in [-0.2, -0.15) is 0 Å². The third-order valence-electron chi connectivity index (χ3n) is 5.17. The Labute approximate surface area is 129 Å². The van der Waals surface area contributed by atoms with Gasteiger partial charge in [0.05, 0.1) is 24.1 Å². The Hall–Kier alpha value is -2.10. The normalized spacial score (nSPS) is 32.5. The van der Waals surface area contributed by atoms with Gasteiger partial charge in [-0.15, -0.1) is 0 Å². The van der Waals surface area contributed by atoms with E-state index in [4.69, 9.17) is 4.74 Å². The van der Waals surface area contributed by atoms with E-state index in [1.54, 1.807) is 12.1 Å². The van der Waals surface area contributed by atoms with Gasteiger partial charge in [0.15, 0.2) is 0 Å². The Balaban J connectivity index is 1.66. The van der Waals surface area contributed by atoms with Crippen LogP contribution in [-0.4, -0.2) is 18.4 Å². The molecule has 1 heterocycles. The zero-order chi connectivity index (χ0) is 15.3. The average Bonchev–Trinajstić information content (AvgIpc) is 2.84. The Morgan fingerprint density at radius 2 is 1.55 bits per heavy atom. The van der Waals surface area contributed by atoms with E-state index in [0.717, 1.165) is 18.6 Å². The first-order valence-electron chi connectivity index (χ1n) is 7.99. The molecule has 0 N–H and O–H groups in total. The molecule has 5 rings (SSSR count). The molecule has 0 unspecified atom stereocenters. The zero-order valence-corrected chi connectivity index (χ0v) is 12.6. The van der Waals surface area contributed by atoms with Crippen molar-refractivity contribution in [3.63, 3.8) is 0 Å². The van der Waals surface area contributed by atoms with Crippen LogP contribution in [0.2, 0.25) is 0 Å². The van der Waals surface area contributed by atoms with Gasteiger partial charge in [0.25, 0.3) is 0 Å². The van der Waals surface area contributed by atoms with Crippen molar-refractivity contribution in [1.82, 2.24) is 0 Å². The van der Waals surface area contributed by atoms with Crippen molar-refractivity contribution in [3.05, 3.63) is 36.4 Å². The lowest BCUT2D eigenvalue weighted by Gasteiger charge is -2.38. The van der Waals surface area contributed by atoms with Crippen LogP contribution in [0.1, 0.15) is 19.8 Å².